The standard InChI is InChI=1S/C23H49P/c1-5-9-12-14-17-20-23(24)22(19-16-13-10-6-2)21(8-4)18-15-11-7-3/h21-23H,5-20,24H2,1-4H3. The van der Waals surface area contributed by atoms with Crippen molar-refractivity contribution in [2.24, 2.45) is 11.8 Å². The highest BCUT2D eigenvalue weighted by Crippen LogP contribution is 2.35. The van der Waals surface area contributed by atoms with E-state index in [1.54, 1.807) is 0 Å². The molecule has 0 fully saturated rings. The van der Waals surface area contributed by atoms with Gasteiger partial charge in [0.05, 0.1) is 0 Å². The molecule has 0 saturated heterocycles. The van der Waals surface area contributed by atoms with Crippen LogP contribution < -0.4 is 0 Å². The average Bonchev–Trinajstić information content (AvgIpc) is 2.59. The van der Waals surface area contributed by atoms with E-state index in [0.29, 0.717) is 0 Å². The minimum Gasteiger partial charge on any atom is -0.134 e. The molecular formula is C23H49P. The van der Waals surface area contributed by atoms with Crippen molar-refractivity contribution in [2.75, 3.05) is 0 Å². The number of unbranched alkanes of at least 4 members (excludes halogenated alkanes) is 9. The Morgan fingerprint density at radius 1 is 0.542 bits per heavy atom. The van der Waals surface area contributed by atoms with Crippen molar-refractivity contribution in [1.82, 2.24) is 0 Å². The molecule has 0 N–H and O–H groups in total. The molecule has 0 aromatic carbocycles. The van der Waals surface area contributed by atoms with Gasteiger partial charge in [0.15, 0.2) is 0 Å². The molecule has 0 nitrogen and oxygen atoms in total. The molecule has 0 spiro atoms. The van der Waals surface area contributed by atoms with Crippen molar-refractivity contribution >= 4 is 9.24 Å². The third-order valence-electron chi connectivity index (χ3n) is 5.89. The van der Waals surface area contributed by atoms with Crippen LogP contribution in [0.25, 0.3) is 0 Å². The first-order chi connectivity index (χ1) is 11.7. The summed E-state index contributed by atoms with van der Waals surface area (Å²) in [5.74, 6) is 1.93. The maximum atomic E-state index is 3.27. The highest BCUT2D eigenvalue weighted by atomic mass is 31.0. The summed E-state index contributed by atoms with van der Waals surface area (Å²) in [5, 5.41) is 0. The van der Waals surface area contributed by atoms with Crippen LogP contribution in [0.15, 0.2) is 0 Å². The Morgan fingerprint density at radius 3 is 1.58 bits per heavy atom. The van der Waals surface area contributed by atoms with E-state index in [0.717, 1.165) is 17.5 Å². The monoisotopic (exact) mass is 356 g/mol. The molecule has 0 aliphatic carbocycles. The van der Waals surface area contributed by atoms with Gasteiger partial charge in [-0.3, -0.25) is 0 Å². The minimum atomic E-state index is 0.861. The Kier molecular flexibility index (Phi) is 18.6. The normalized spacial score (nSPS) is 15.4. The molecule has 0 aromatic heterocycles. The van der Waals surface area contributed by atoms with Gasteiger partial charge in [0, 0.05) is 0 Å². The molecular weight excluding hydrogens is 307 g/mol. The van der Waals surface area contributed by atoms with Crippen LogP contribution in [0.5, 0.6) is 0 Å². The third-order valence-corrected chi connectivity index (χ3v) is 6.72. The van der Waals surface area contributed by atoms with Crippen molar-refractivity contribution in [3.05, 3.63) is 0 Å². The Labute approximate surface area is 157 Å². The van der Waals surface area contributed by atoms with Crippen molar-refractivity contribution in [3.8, 4) is 0 Å². The van der Waals surface area contributed by atoms with Gasteiger partial charge in [-0.1, -0.05) is 118 Å². The van der Waals surface area contributed by atoms with Gasteiger partial charge < -0.3 is 0 Å². The highest BCUT2D eigenvalue weighted by Gasteiger charge is 2.24. The van der Waals surface area contributed by atoms with E-state index in [9.17, 15) is 0 Å². The van der Waals surface area contributed by atoms with E-state index in [1.807, 2.05) is 0 Å². The lowest BCUT2D eigenvalue weighted by molar-refractivity contribution is 0.256. The molecule has 1 heteroatoms. The van der Waals surface area contributed by atoms with Crippen LogP contribution in [0.1, 0.15) is 130 Å². The van der Waals surface area contributed by atoms with Gasteiger partial charge in [-0.05, 0) is 30.3 Å². The molecule has 0 aliphatic heterocycles. The van der Waals surface area contributed by atoms with Crippen molar-refractivity contribution in [1.29, 1.82) is 0 Å². The van der Waals surface area contributed by atoms with Crippen LogP contribution >= 0.6 is 9.24 Å². The van der Waals surface area contributed by atoms with E-state index in [-0.39, 0.29) is 0 Å². The molecule has 0 aliphatic rings. The van der Waals surface area contributed by atoms with Crippen LogP contribution in [0.2, 0.25) is 0 Å². The van der Waals surface area contributed by atoms with Crippen molar-refractivity contribution in [3.63, 3.8) is 0 Å². The largest absolute Gasteiger partial charge is 0.134 e. The van der Waals surface area contributed by atoms with Gasteiger partial charge in [0.2, 0.25) is 0 Å². The van der Waals surface area contributed by atoms with Crippen LogP contribution in [-0.2, 0) is 0 Å². The molecule has 0 aromatic rings. The Bertz CT molecular complexity index is 238. The molecule has 146 valence electrons. The van der Waals surface area contributed by atoms with Gasteiger partial charge in [0.1, 0.15) is 0 Å². The Hall–Kier alpha value is 0.430. The summed E-state index contributed by atoms with van der Waals surface area (Å²) in [6.07, 6.45) is 22.9. The Balaban J connectivity index is 4.39. The zero-order chi connectivity index (χ0) is 18.0. The fourth-order valence-electron chi connectivity index (χ4n) is 4.18. The summed E-state index contributed by atoms with van der Waals surface area (Å²) >= 11 is 0. The van der Waals surface area contributed by atoms with Crippen molar-refractivity contribution in [2.45, 2.75) is 136 Å². The van der Waals surface area contributed by atoms with Gasteiger partial charge in [-0.2, -0.15) is 0 Å². The van der Waals surface area contributed by atoms with Gasteiger partial charge >= 0.3 is 0 Å². The van der Waals surface area contributed by atoms with Crippen LogP contribution in [0.3, 0.4) is 0 Å². The maximum absolute atomic E-state index is 3.27. The second-order valence-electron chi connectivity index (χ2n) is 8.04. The van der Waals surface area contributed by atoms with E-state index in [4.69, 9.17) is 0 Å². The fourth-order valence-corrected chi connectivity index (χ4v) is 4.92. The molecule has 4 atom stereocenters. The predicted molar refractivity (Wildman–Crippen MR) is 117 cm³/mol. The zero-order valence-electron chi connectivity index (χ0n) is 17.6. The van der Waals surface area contributed by atoms with Crippen LogP contribution in [-0.4, -0.2) is 5.66 Å². The molecule has 0 saturated carbocycles. The molecule has 24 heavy (non-hydrogen) atoms. The molecule has 4 unspecified atom stereocenters. The van der Waals surface area contributed by atoms with E-state index >= 15 is 0 Å². The zero-order valence-corrected chi connectivity index (χ0v) is 18.8. The van der Waals surface area contributed by atoms with Crippen LogP contribution in [0, 0.1) is 11.8 Å². The molecule has 0 rings (SSSR count). The molecule has 0 heterocycles. The Morgan fingerprint density at radius 2 is 1.00 bits per heavy atom. The van der Waals surface area contributed by atoms with E-state index < -0.39 is 0 Å². The first kappa shape index (κ1) is 24.4. The SMILES string of the molecule is CCCCCCCC(P)C(CCCCCC)C(CC)CCCCC. The summed E-state index contributed by atoms with van der Waals surface area (Å²) in [7, 11) is 3.27. The lowest BCUT2D eigenvalue weighted by Crippen LogP contribution is -2.24. The smallest absolute Gasteiger partial charge is 0.0233 e. The lowest BCUT2D eigenvalue weighted by Gasteiger charge is -2.32. The summed E-state index contributed by atoms with van der Waals surface area (Å²) in [5.41, 5.74) is 0.861. The minimum absolute atomic E-state index is 0.861. The highest BCUT2D eigenvalue weighted by molar-refractivity contribution is 7.17. The predicted octanol–water partition coefficient (Wildman–Crippen LogP) is 8.78. The maximum Gasteiger partial charge on any atom is -0.0233 e. The second-order valence-corrected chi connectivity index (χ2v) is 8.90. The van der Waals surface area contributed by atoms with E-state index in [2.05, 4.69) is 36.9 Å². The number of hydrogen-bond donors (Lipinski definition) is 0. The fraction of sp³-hybridized carbons (Fsp3) is 1.00. The van der Waals surface area contributed by atoms with Gasteiger partial charge in [-0.25, -0.2) is 0 Å². The summed E-state index contributed by atoms with van der Waals surface area (Å²) in [4.78, 5) is 0. The van der Waals surface area contributed by atoms with Gasteiger partial charge in [0.25, 0.3) is 0 Å². The molecule has 0 amide bonds. The molecule has 0 bridgehead atoms. The topological polar surface area (TPSA) is 0 Å². The summed E-state index contributed by atoms with van der Waals surface area (Å²) in [6.45, 7) is 9.41. The summed E-state index contributed by atoms with van der Waals surface area (Å²) in [6, 6.07) is 0. The number of rotatable bonds is 18. The van der Waals surface area contributed by atoms with Gasteiger partial charge in [-0.15, -0.1) is 9.24 Å². The number of hydrogen-bond acceptors (Lipinski definition) is 0. The quantitative estimate of drug-likeness (QED) is 0.170. The molecule has 0 radical (unpaired) electrons. The third kappa shape index (κ3) is 12.7. The first-order valence-electron chi connectivity index (χ1n) is 11.5. The van der Waals surface area contributed by atoms with Crippen LogP contribution in [0.4, 0.5) is 0 Å². The lowest BCUT2D eigenvalue weighted by atomic mass is 9.79. The second kappa shape index (κ2) is 18.2. The van der Waals surface area contributed by atoms with E-state index in [1.165, 1.54) is 103 Å². The van der Waals surface area contributed by atoms with Crippen molar-refractivity contribution < 1.29 is 0 Å². The average molecular weight is 357 g/mol. The summed E-state index contributed by atoms with van der Waals surface area (Å²) < 4.78 is 0. The first-order valence-corrected chi connectivity index (χ1v) is 12.1.